The molecule has 0 bridgehead atoms. The predicted molar refractivity (Wildman–Crippen MR) is 113 cm³/mol. The molecule has 0 radical (unpaired) electrons. The highest BCUT2D eigenvalue weighted by Crippen LogP contribution is 2.43. The minimum Gasteiger partial charge on any atom is -0.370 e. The average Bonchev–Trinajstić information content (AvgIpc) is 3.06. The summed E-state index contributed by atoms with van der Waals surface area (Å²) in [4.78, 5) is 4.28. The van der Waals surface area contributed by atoms with Crippen LogP contribution < -0.4 is 0 Å². The number of hydrogen-bond donors (Lipinski definition) is 0. The maximum absolute atomic E-state index is 6.27. The number of aromatic nitrogens is 3. The van der Waals surface area contributed by atoms with E-state index in [0.29, 0.717) is 5.92 Å². The third kappa shape index (κ3) is 3.98. The second-order valence-electron chi connectivity index (χ2n) is 8.81. The number of rotatable bonds is 3. The van der Waals surface area contributed by atoms with Crippen LogP contribution in [0.25, 0.3) is 16.9 Å². The first kappa shape index (κ1) is 19.2. The minimum absolute atomic E-state index is 0.176. The summed E-state index contributed by atoms with van der Waals surface area (Å²) in [7, 11) is 0. The number of hydrogen-bond acceptors (Lipinski definition) is 3. The van der Waals surface area contributed by atoms with Crippen molar-refractivity contribution in [2.75, 3.05) is 0 Å². The fourth-order valence-corrected chi connectivity index (χ4v) is 4.53. The molecule has 4 rings (SSSR count). The van der Waals surface area contributed by atoms with Crippen molar-refractivity contribution in [2.45, 2.75) is 57.7 Å². The van der Waals surface area contributed by atoms with Gasteiger partial charge in [0.15, 0.2) is 0 Å². The summed E-state index contributed by atoms with van der Waals surface area (Å²) in [6, 6.07) is 14.1. The first-order chi connectivity index (χ1) is 13.2. The van der Waals surface area contributed by atoms with Crippen LogP contribution in [0, 0.1) is 0 Å². The summed E-state index contributed by atoms with van der Waals surface area (Å²) in [5.41, 5.74) is 3.82. The van der Waals surface area contributed by atoms with E-state index in [1.165, 1.54) is 0 Å². The molecule has 28 heavy (non-hydrogen) atoms. The molecule has 1 saturated heterocycles. The summed E-state index contributed by atoms with van der Waals surface area (Å²) in [6.45, 7) is 8.66. The lowest BCUT2D eigenvalue weighted by atomic mass is 9.79. The Morgan fingerprint density at radius 3 is 2.32 bits per heavy atom. The molecular weight excluding hydrogens is 370 g/mol. The lowest BCUT2D eigenvalue weighted by molar-refractivity contribution is -0.162. The lowest BCUT2D eigenvalue weighted by Crippen LogP contribution is -2.44. The zero-order chi connectivity index (χ0) is 19.9. The van der Waals surface area contributed by atoms with Gasteiger partial charge in [0.25, 0.3) is 0 Å². The van der Waals surface area contributed by atoms with Gasteiger partial charge in [-0.1, -0.05) is 23.7 Å². The summed E-state index contributed by atoms with van der Waals surface area (Å²) < 4.78 is 8.26. The molecule has 0 saturated carbocycles. The molecule has 0 unspecified atom stereocenters. The molecule has 0 spiro atoms. The first-order valence-electron chi connectivity index (χ1n) is 9.69. The van der Waals surface area contributed by atoms with Crippen LogP contribution >= 0.6 is 11.6 Å². The Kier molecular flexibility index (Phi) is 4.80. The average molecular weight is 396 g/mol. The Morgan fingerprint density at radius 1 is 1.04 bits per heavy atom. The molecule has 146 valence electrons. The number of benzene rings is 1. The summed E-state index contributed by atoms with van der Waals surface area (Å²) in [6.07, 6.45) is 5.51. The number of nitrogens with zero attached hydrogens (tertiary/aromatic N) is 3. The van der Waals surface area contributed by atoms with E-state index < -0.39 is 0 Å². The van der Waals surface area contributed by atoms with Crippen LogP contribution in [0.2, 0.25) is 5.02 Å². The molecule has 5 heteroatoms. The summed E-state index contributed by atoms with van der Waals surface area (Å²) in [5.74, 6) is 0.336. The van der Waals surface area contributed by atoms with Crippen molar-refractivity contribution in [2.24, 2.45) is 0 Å². The van der Waals surface area contributed by atoms with Crippen molar-refractivity contribution in [3.8, 4) is 16.9 Å². The van der Waals surface area contributed by atoms with Gasteiger partial charge in [-0.3, -0.25) is 4.98 Å². The van der Waals surface area contributed by atoms with E-state index in [9.17, 15) is 0 Å². The minimum atomic E-state index is -0.176. The number of ether oxygens (including phenoxy) is 1. The Hall–Kier alpha value is -2.17. The third-order valence-corrected chi connectivity index (χ3v) is 5.46. The van der Waals surface area contributed by atoms with E-state index in [2.05, 4.69) is 38.7 Å². The molecule has 0 atom stereocenters. The van der Waals surface area contributed by atoms with Gasteiger partial charge < -0.3 is 4.74 Å². The van der Waals surface area contributed by atoms with Crippen molar-refractivity contribution in [3.63, 3.8) is 0 Å². The largest absolute Gasteiger partial charge is 0.370 e. The maximum atomic E-state index is 6.27. The zero-order valence-electron chi connectivity index (χ0n) is 16.8. The van der Waals surface area contributed by atoms with Gasteiger partial charge in [-0.2, -0.15) is 5.10 Å². The van der Waals surface area contributed by atoms with Gasteiger partial charge in [-0.15, -0.1) is 0 Å². The number of halogens is 1. The Labute approximate surface area is 171 Å². The SMILES string of the molecule is CC1(C)CC(c2cc(-c3ccc(Cl)cc3)n(-c3cccnc3)n2)CC(C)(C)O1. The molecule has 0 N–H and O–H groups in total. The molecule has 1 fully saturated rings. The van der Waals surface area contributed by atoms with E-state index >= 15 is 0 Å². The molecule has 4 nitrogen and oxygen atoms in total. The Balaban J connectivity index is 1.80. The van der Waals surface area contributed by atoms with E-state index in [-0.39, 0.29) is 11.2 Å². The van der Waals surface area contributed by atoms with Crippen LogP contribution in [0.3, 0.4) is 0 Å². The van der Waals surface area contributed by atoms with Crippen LogP contribution in [-0.2, 0) is 4.74 Å². The van der Waals surface area contributed by atoms with Crippen LogP contribution in [0.15, 0.2) is 54.9 Å². The molecule has 0 amide bonds. The summed E-state index contributed by atoms with van der Waals surface area (Å²) in [5, 5.41) is 5.75. The van der Waals surface area contributed by atoms with Crippen molar-refractivity contribution in [1.82, 2.24) is 14.8 Å². The van der Waals surface area contributed by atoms with Crippen LogP contribution in [0.4, 0.5) is 0 Å². The normalized spacial score (nSPS) is 18.9. The van der Waals surface area contributed by atoms with Crippen LogP contribution in [0.5, 0.6) is 0 Å². The molecule has 0 aliphatic carbocycles. The van der Waals surface area contributed by atoms with Crippen molar-refractivity contribution >= 4 is 11.6 Å². The predicted octanol–water partition coefficient (Wildman–Crippen LogP) is 6.04. The monoisotopic (exact) mass is 395 g/mol. The fourth-order valence-electron chi connectivity index (χ4n) is 4.40. The van der Waals surface area contributed by atoms with E-state index in [4.69, 9.17) is 21.4 Å². The zero-order valence-corrected chi connectivity index (χ0v) is 17.6. The second kappa shape index (κ2) is 7.02. The smallest absolute Gasteiger partial charge is 0.0836 e. The second-order valence-corrected chi connectivity index (χ2v) is 9.25. The van der Waals surface area contributed by atoms with Gasteiger partial charge in [0.2, 0.25) is 0 Å². The van der Waals surface area contributed by atoms with Gasteiger partial charge in [-0.05, 0) is 70.9 Å². The highest BCUT2D eigenvalue weighted by molar-refractivity contribution is 6.30. The number of pyridine rings is 1. The summed E-state index contributed by atoms with van der Waals surface area (Å²) >= 11 is 6.10. The van der Waals surface area contributed by atoms with E-state index in [1.807, 2.05) is 47.3 Å². The van der Waals surface area contributed by atoms with Crippen molar-refractivity contribution in [3.05, 3.63) is 65.6 Å². The highest BCUT2D eigenvalue weighted by Gasteiger charge is 2.40. The molecule has 1 aromatic carbocycles. The molecule has 1 aliphatic rings. The van der Waals surface area contributed by atoms with Crippen molar-refractivity contribution in [1.29, 1.82) is 0 Å². The Bertz CT molecular complexity index is 945. The van der Waals surface area contributed by atoms with Crippen LogP contribution in [-0.4, -0.2) is 26.0 Å². The molecule has 3 heterocycles. The quantitative estimate of drug-likeness (QED) is 0.542. The van der Waals surface area contributed by atoms with Gasteiger partial charge in [0.1, 0.15) is 0 Å². The van der Waals surface area contributed by atoms with Crippen molar-refractivity contribution < 1.29 is 4.74 Å². The topological polar surface area (TPSA) is 39.9 Å². The highest BCUT2D eigenvalue weighted by atomic mass is 35.5. The maximum Gasteiger partial charge on any atom is 0.0836 e. The van der Waals surface area contributed by atoms with Crippen LogP contribution in [0.1, 0.15) is 52.1 Å². The van der Waals surface area contributed by atoms with Gasteiger partial charge in [-0.25, -0.2) is 4.68 Å². The van der Waals surface area contributed by atoms with Gasteiger partial charge in [0.05, 0.1) is 34.5 Å². The van der Waals surface area contributed by atoms with Gasteiger partial charge in [0, 0.05) is 22.7 Å². The van der Waals surface area contributed by atoms with E-state index in [1.54, 1.807) is 6.20 Å². The standard InChI is InChI=1S/C23H26ClN3O/c1-22(2)13-17(14-23(3,4)28-22)20-12-21(16-7-9-18(24)10-8-16)27(26-20)19-6-5-11-25-15-19/h5-12,15,17H,13-14H2,1-4H3. The Morgan fingerprint density at radius 2 is 1.71 bits per heavy atom. The first-order valence-corrected chi connectivity index (χ1v) is 10.1. The molecule has 2 aromatic heterocycles. The molecule has 1 aliphatic heterocycles. The van der Waals surface area contributed by atoms with Gasteiger partial charge >= 0.3 is 0 Å². The lowest BCUT2D eigenvalue weighted by Gasteiger charge is -2.45. The van der Waals surface area contributed by atoms with E-state index in [0.717, 1.165) is 40.5 Å². The molecular formula is C23H26ClN3O. The fraction of sp³-hybridized carbons (Fsp3) is 0.391. The molecule has 3 aromatic rings. The third-order valence-electron chi connectivity index (χ3n) is 5.21.